The van der Waals surface area contributed by atoms with Crippen molar-refractivity contribution in [1.82, 2.24) is 10.2 Å². The minimum absolute atomic E-state index is 0.0147. The Kier molecular flexibility index (Phi) is 3.59. The first-order chi connectivity index (χ1) is 8.99. The largest absolute Gasteiger partial charge is 0.397 e. The number of rotatable bonds is 2. The van der Waals surface area contributed by atoms with Gasteiger partial charge < -0.3 is 20.9 Å². The summed E-state index contributed by atoms with van der Waals surface area (Å²) in [6.07, 6.45) is 0. The molecule has 2 rings (SSSR count). The van der Waals surface area contributed by atoms with Crippen molar-refractivity contribution in [2.45, 2.75) is 0 Å². The van der Waals surface area contributed by atoms with Crippen molar-refractivity contribution in [2.75, 3.05) is 44.4 Å². The van der Waals surface area contributed by atoms with Crippen molar-refractivity contribution in [3.8, 4) is 0 Å². The van der Waals surface area contributed by atoms with E-state index in [4.69, 9.17) is 5.73 Å². The molecule has 6 nitrogen and oxygen atoms in total. The van der Waals surface area contributed by atoms with Gasteiger partial charge in [0.25, 0.3) is 5.91 Å². The number of nitrogens with two attached hydrogens (primary N) is 1. The second-order valence-corrected chi connectivity index (χ2v) is 4.74. The maximum atomic E-state index is 11.8. The molecule has 1 aliphatic heterocycles. The standard InChI is InChI=1S/C13H18N4O2/c1-16(2)13(19)9-3-4-11(10(14)7-9)17-6-5-15-12(18)8-17/h3-4,7H,5-6,8,14H2,1-2H3,(H,15,18). The van der Waals surface area contributed by atoms with Crippen molar-refractivity contribution in [1.29, 1.82) is 0 Å². The predicted molar refractivity (Wildman–Crippen MR) is 74.1 cm³/mol. The van der Waals surface area contributed by atoms with Crippen LogP contribution >= 0.6 is 0 Å². The van der Waals surface area contributed by atoms with Gasteiger partial charge in [0.05, 0.1) is 17.9 Å². The lowest BCUT2D eigenvalue weighted by Crippen LogP contribution is -2.47. The maximum Gasteiger partial charge on any atom is 0.253 e. The van der Waals surface area contributed by atoms with Crippen LogP contribution in [0.25, 0.3) is 0 Å². The van der Waals surface area contributed by atoms with E-state index in [9.17, 15) is 9.59 Å². The monoisotopic (exact) mass is 262 g/mol. The topological polar surface area (TPSA) is 78.7 Å². The van der Waals surface area contributed by atoms with Crippen molar-refractivity contribution in [2.24, 2.45) is 0 Å². The number of nitrogens with zero attached hydrogens (tertiary/aromatic N) is 2. The Labute approximate surface area is 112 Å². The third-order valence-electron chi connectivity index (χ3n) is 3.06. The Hall–Kier alpha value is -2.24. The average molecular weight is 262 g/mol. The second kappa shape index (κ2) is 5.17. The van der Waals surface area contributed by atoms with Crippen molar-refractivity contribution >= 4 is 23.2 Å². The number of benzene rings is 1. The maximum absolute atomic E-state index is 11.8. The molecule has 1 aromatic carbocycles. The number of carbonyl (C=O) groups is 2. The summed E-state index contributed by atoms with van der Waals surface area (Å²) < 4.78 is 0. The van der Waals surface area contributed by atoms with Crippen LogP contribution in [0.3, 0.4) is 0 Å². The minimum Gasteiger partial charge on any atom is -0.397 e. The van der Waals surface area contributed by atoms with E-state index in [0.717, 1.165) is 12.2 Å². The smallest absolute Gasteiger partial charge is 0.253 e. The molecule has 1 aliphatic rings. The van der Waals surface area contributed by atoms with Gasteiger partial charge in [0.2, 0.25) is 5.91 Å². The van der Waals surface area contributed by atoms with E-state index in [0.29, 0.717) is 24.3 Å². The summed E-state index contributed by atoms with van der Waals surface area (Å²) in [7, 11) is 3.39. The molecule has 102 valence electrons. The number of amides is 2. The summed E-state index contributed by atoms with van der Waals surface area (Å²) in [5, 5.41) is 2.76. The Morgan fingerprint density at radius 2 is 2.16 bits per heavy atom. The molecule has 0 aromatic heterocycles. The Morgan fingerprint density at radius 1 is 1.42 bits per heavy atom. The quantitative estimate of drug-likeness (QED) is 0.730. The summed E-state index contributed by atoms with van der Waals surface area (Å²) in [4.78, 5) is 26.6. The van der Waals surface area contributed by atoms with Crippen LogP contribution in [-0.2, 0) is 4.79 Å². The first-order valence-electron chi connectivity index (χ1n) is 6.12. The predicted octanol–water partition coefficient (Wildman–Crippen LogP) is -0.0932. The lowest BCUT2D eigenvalue weighted by Gasteiger charge is -2.29. The van der Waals surface area contributed by atoms with Crippen LogP contribution in [0, 0.1) is 0 Å². The molecule has 0 atom stereocenters. The van der Waals surface area contributed by atoms with Crippen molar-refractivity contribution < 1.29 is 9.59 Å². The normalized spacial score (nSPS) is 15.1. The second-order valence-electron chi connectivity index (χ2n) is 4.74. The van der Waals surface area contributed by atoms with Gasteiger partial charge in [-0.05, 0) is 18.2 Å². The molecule has 1 saturated heterocycles. The lowest BCUT2D eigenvalue weighted by molar-refractivity contribution is -0.120. The van der Waals surface area contributed by atoms with Gasteiger partial charge in [-0.15, -0.1) is 0 Å². The van der Waals surface area contributed by atoms with E-state index >= 15 is 0 Å². The number of carbonyl (C=O) groups excluding carboxylic acids is 2. The van der Waals surface area contributed by atoms with Gasteiger partial charge in [0, 0.05) is 32.7 Å². The van der Waals surface area contributed by atoms with E-state index < -0.39 is 0 Å². The zero-order chi connectivity index (χ0) is 14.0. The first-order valence-corrected chi connectivity index (χ1v) is 6.12. The SMILES string of the molecule is CN(C)C(=O)c1ccc(N2CCNC(=O)C2)c(N)c1. The summed E-state index contributed by atoms with van der Waals surface area (Å²) in [6.45, 7) is 1.62. The molecule has 1 aromatic rings. The third-order valence-corrected chi connectivity index (χ3v) is 3.06. The number of hydrogen-bond acceptors (Lipinski definition) is 4. The van der Waals surface area contributed by atoms with E-state index in [1.165, 1.54) is 4.90 Å². The van der Waals surface area contributed by atoms with Gasteiger partial charge in [-0.25, -0.2) is 0 Å². The molecule has 2 amide bonds. The third kappa shape index (κ3) is 2.78. The van der Waals surface area contributed by atoms with E-state index in [-0.39, 0.29) is 11.8 Å². The molecule has 0 aliphatic carbocycles. The Morgan fingerprint density at radius 3 is 2.74 bits per heavy atom. The average Bonchev–Trinajstić information content (AvgIpc) is 2.37. The molecular formula is C13H18N4O2. The van der Waals surface area contributed by atoms with E-state index in [1.807, 2.05) is 4.90 Å². The van der Waals surface area contributed by atoms with Gasteiger partial charge in [-0.1, -0.05) is 0 Å². The van der Waals surface area contributed by atoms with Crippen LogP contribution < -0.4 is 16.0 Å². The fraction of sp³-hybridized carbons (Fsp3) is 0.385. The van der Waals surface area contributed by atoms with E-state index in [2.05, 4.69) is 5.32 Å². The highest BCUT2D eigenvalue weighted by molar-refractivity contribution is 5.96. The Balaban J connectivity index is 2.24. The molecule has 0 spiro atoms. The fourth-order valence-corrected chi connectivity index (χ4v) is 2.08. The lowest BCUT2D eigenvalue weighted by atomic mass is 10.1. The molecular weight excluding hydrogens is 244 g/mol. The summed E-state index contributed by atoms with van der Waals surface area (Å²) >= 11 is 0. The molecule has 0 bridgehead atoms. The molecule has 3 N–H and O–H groups in total. The number of piperazine rings is 1. The van der Waals surface area contributed by atoms with E-state index in [1.54, 1.807) is 32.3 Å². The van der Waals surface area contributed by atoms with Gasteiger partial charge in [0.15, 0.2) is 0 Å². The van der Waals surface area contributed by atoms with Crippen LogP contribution in [0.4, 0.5) is 11.4 Å². The van der Waals surface area contributed by atoms with Gasteiger partial charge in [0.1, 0.15) is 0 Å². The number of hydrogen-bond donors (Lipinski definition) is 2. The summed E-state index contributed by atoms with van der Waals surface area (Å²) in [5.74, 6) is -0.103. The fourth-order valence-electron chi connectivity index (χ4n) is 2.08. The molecule has 1 fully saturated rings. The van der Waals surface area contributed by atoms with Crippen LogP contribution in [-0.4, -0.2) is 50.4 Å². The Bertz CT molecular complexity index is 513. The molecule has 0 radical (unpaired) electrons. The highest BCUT2D eigenvalue weighted by Crippen LogP contribution is 2.25. The van der Waals surface area contributed by atoms with Gasteiger partial charge in [-0.2, -0.15) is 0 Å². The summed E-state index contributed by atoms with van der Waals surface area (Å²) in [5.41, 5.74) is 7.85. The highest BCUT2D eigenvalue weighted by atomic mass is 16.2. The minimum atomic E-state index is -0.0883. The first kappa shape index (κ1) is 13.2. The zero-order valence-corrected chi connectivity index (χ0v) is 11.1. The molecule has 0 unspecified atom stereocenters. The van der Waals surface area contributed by atoms with Crippen molar-refractivity contribution in [3.05, 3.63) is 23.8 Å². The van der Waals surface area contributed by atoms with Crippen LogP contribution in [0.15, 0.2) is 18.2 Å². The molecule has 19 heavy (non-hydrogen) atoms. The zero-order valence-electron chi connectivity index (χ0n) is 11.1. The van der Waals surface area contributed by atoms with Crippen molar-refractivity contribution in [3.63, 3.8) is 0 Å². The van der Waals surface area contributed by atoms with Crippen LogP contribution in [0.1, 0.15) is 10.4 Å². The number of nitrogen functional groups attached to an aromatic ring is 1. The van der Waals surface area contributed by atoms with Gasteiger partial charge >= 0.3 is 0 Å². The van der Waals surface area contributed by atoms with Gasteiger partial charge in [-0.3, -0.25) is 9.59 Å². The molecule has 0 saturated carbocycles. The van der Waals surface area contributed by atoms with Crippen LogP contribution in [0.2, 0.25) is 0 Å². The number of anilines is 2. The molecule has 1 heterocycles. The number of nitrogens with one attached hydrogen (secondary N) is 1. The highest BCUT2D eigenvalue weighted by Gasteiger charge is 2.19. The molecule has 6 heteroatoms. The van der Waals surface area contributed by atoms with Crippen LogP contribution in [0.5, 0.6) is 0 Å². The summed E-state index contributed by atoms with van der Waals surface area (Å²) in [6, 6.07) is 5.19.